The standard InChI is InChI=1S/C6H8N2.HO3P/c7-5-1-2-6(8)4-3-5;1-4(2)3/h1-4H,7-8H2;(H-,1,2,3)/p+1. The zero-order valence-electron chi connectivity index (χ0n) is 6.21. The van der Waals surface area contributed by atoms with E-state index in [1.54, 1.807) is 24.3 Å². The summed E-state index contributed by atoms with van der Waals surface area (Å²) in [5, 5.41) is 0. The number of nitrogens with two attached hydrogens (primary N) is 2. The number of rotatable bonds is 0. The zero-order chi connectivity index (χ0) is 9.56. The van der Waals surface area contributed by atoms with E-state index in [0.29, 0.717) is 0 Å². The number of nitrogen functional groups attached to an aromatic ring is 2. The molecule has 0 bridgehead atoms. The molecule has 0 saturated heterocycles. The van der Waals surface area contributed by atoms with Crippen LogP contribution in [0.3, 0.4) is 0 Å². The van der Waals surface area contributed by atoms with Crippen molar-refractivity contribution in [3.63, 3.8) is 0 Å². The molecule has 0 aliphatic rings. The molecular formula is C6H10N2O3P+. The fourth-order valence-electron chi connectivity index (χ4n) is 0.496. The fourth-order valence-corrected chi connectivity index (χ4v) is 0.496. The van der Waals surface area contributed by atoms with Gasteiger partial charge in [-0.1, -0.05) is 0 Å². The van der Waals surface area contributed by atoms with Crippen molar-refractivity contribution in [3.8, 4) is 0 Å². The van der Waals surface area contributed by atoms with Crippen molar-refractivity contribution in [1.29, 1.82) is 0 Å². The number of anilines is 2. The molecule has 0 saturated carbocycles. The molecular weight excluding hydrogens is 179 g/mol. The van der Waals surface area contributed by atoms with Crippen LogP contribution < -0.4 is 11.5 Å². The second-order valence-electron chi connectivity index (χ2n) is 1.92. The molecule has 0 unspecified atom stereocenters. The van der Waals surface area contributed by atoms with E-state index in [-0.39, 0.29) is 0 Å². The molecule has 0 aliphatic carbocycles. The van der Waals surface area contributed by atoms with Crippen LogP contribution >= 0.6 is 8.25 Å². The Kier molecular flexibility index (Phi) is 4.96. The van der Waals surface area contributed by atoms with E-state index in [4.69, 9.17) is 25.8 Å². The van der Waals surface area contributed by atoms with Crippen molar-refractivity contribution >= 4 is 19.6 Å². The Morgan fingerprint density at radius 2 is 1.17 bits per heavy atom. The van der Waals surface area contributed by atoms with Crippen molar-refractivity contribution in [2.45, 2.75) is 0 Å². The molecule has 0 spiro atoms. The van der Waals surface area contributed by atoms with E-state index in [1.165, 1.54) is 0 Å². The molecule has 0 heterocycles. The molecule has 1 rings (SSSR count). The van der Waals surface area contributed by atoms with Crippen molar-refractivity contribution in [1.82, 2.24) is 0 Å². The first-order valence-corrected chi connectivity index (χ1v) is 4.15. The normalized spacial score (nSPS) is 8.17. The van der Waals surface area contributed by atoms with Gasteiger partial charge in [0.05, 0.1) is 0 Å². The lowest BCUT2D eigenvalue weighted by molar-refractivity contribution is 0.405. The SMILES string of the molecule is Nc1ccc(N)cc1.O=[P+](O)O. The van der Waals surface area contributed by atoms with Gasteiger partial charge in [0.15, 0.2) is 0 Å². The first-order valence-electron chi connectivity index (χ1n) is 2.98. The number of hydrogen-bond donors (Lipinski definition) is 4. The van der Waals surface area contributed by atoms with Gasteiger partial charge in [-0.15, -0.1) is 9.79 Å². The average molecular weight is 189 g/mol. The first-order chi connectivity index (χ1) is 5.52. The van der Waals surface area contributed by atoms with Gasteiger partial charge in [0.2, 0.25) is 0 Å². The largest absolute Gasteiger partial charge is 0.692 e. The van der Waals surface area contributed by atoms with Crippen molar-refractivity contribution < 1.29 is 14.4 Å². The summed E-state index contributed by atoms with van der Waals surface area (Å²) in [4.78, 5) is 14.2. The highest BCUT2D eigenvalue weighted by Gasteiger charge is 1.93. The Balaban J connectivity index is 0.000000261. The summed E-state index contributed by atoms with van der Waals surface area (Å²) in [5.41, 5.74) is 12.2. The Hall–Kier alpha value is -1.16. The molecule has 6 heteroatoms. The van der Waals surface area contributed by atoms with Gasteiger partial charge in [-0.2, -0.15) is 0 Å². The van der Waals surface area contributed by atoms with Crippen LogP contribution in [0.25, 0.3) is 0 Å². The smallest absolute Gasteiger partial charge is 0.399 e. The van der Waals surface area contributed by atoms with Gasteiger partial charge in [-0.3, -0.25) is 0 Å². The number of hydrogen-bond acceptors (Lipinski definition) is 3. The van der Waals surface area contributed by atoms with E-state index in [2.05, 4.69) is 0 Å². The van der Waals surface area contributed by atoms with Crippen LogP contribution in [-0.4, -0.2) is 9.79 Å². The zero-order valence-corrected chi connectivity index (χ0v) is 7.11. The Morgan fingerprint density at radius 3 is 1.33 bits per heavy atom. The first kappa shape index (κ1) is 10.8. The van der Waals surface area contributed by atoms with Crippen LogP contribution in [0.15, 0.2) is 24.3 Å². The van der Waals surface area contributed by atoms with Crippen LogP contribution in [0, 0.1) is 0 Å². The summed E-state index contributed by atoms with van der Waals surface area (Å²) in [6, 6.07) is 7.09. The van der Waals surface area contributed by atoms with Gasteiger partial charge in [0, 0.05) is 15.9 Å². The monoisotopic (exact) mass is 189 g/mol. The van der Waals surface area contributed by atoms with E-state index in [9.17, 15) is 0 Å². The van der Waals surface area contributed by atoms with Crippen LogP contribution in [0.2, 0.25) is 0 Å². The van der Waals surface area contributed by atoms with Crippen molar-refractivity contribution in [3.05, 3.63) is 24.3 Å². The highest BCUT2D eigenvalue weighted by atomic mass is 31.1. The van der Waals surface area contributed by atoms with Crippen LogP contribution in [0.4, 0.5) is 11.4 Å². The highest BCUT2D eigenvalue weighted by molar-refractivity contribution is 7.30. The van der Waals surface area contributed by atoms with Gasteiger partial charge >= 0.3 is 8.25 Å². The summed E-state index contributed by atoms with van der Waals surface area (Å²) >= 11 is 0. The van der Waals surface area contributed by atoms with Gasteiger partial charge in [-0.05, 0) is 24.3 Å². The fraction of sp³-hybridized carbons (Fsp3) is 0. The van der Waals surface area contributed by atoms with Gasteiger partial charge in [0.1, 0.15) is 0 Å². The molecule has 0 fully saturated rings. The Bertz CT molecular complexity index is 224. The van der Waals surface area contributed by atoms with Crippen LogP contribution in [-0.2, 0) is 4.57 Å². The second kappa shape index (κ2) is 5.49. The molecule has 1 aromatic carbocycles. The third kappa shape index (κ3) is 6.95. The maximum absolute atomic E-state index is 8.70. The molecule has 0 atom stereocenters. The lowest BCUT2D eigenvalue weighted by atomic mass is 10.3. The summed E-state index contributed by atoms with van der Waals surface area (Å²) < 4.78 is 8.70. The highest BCUT2D eigenvalue weighted by Crippen LogP contribution is 2.04. The predicted octanol–water partition coefficient (Wildman–Crippen LogP) is 0.479. The average Bonchev–Trinajstić information content (AvgIpc) is 1.94. The van der Waals surface area contributed by atoms with Crippen molar-refractivity contribution in [2.24, 2.45) is 0 Å². The number of benzene rings is 1. The molecule has 0 amide bonds. The molecule has 5 nitrogen and oxygen atoms in total. The Labute approximate surface area is 70.6 Å². The topological polar surface area (TPSA) is 110 Å². The molecule has 0 aliphatic heterocycles. The van der Waals surface area contributed by atoms with Gasteiger partial charge in [0.25, 0.3) is 0 Å². The quantitative estimate of drug-likeness (QED) is 0.350. The predicted molar refractivity (Wildman–Crippen MR) is 47.3 cm³/mol. The maximum Gasteiger partial charge on any atom is 0.692 e. The van der Waals surface area contributed by atoms with E-state index in [1.807, 2.05) is 0 Å². The minimum absolute atomic E-state index is 0.749. The summed E-state index contributed by atoms with van der Waals surface area (Å²) in [6.45, 7) is 0. The Morgan fingerprint density at radius 1 is 1.00 bits per heavy atom. The van der Waals surface area contributed by atoms with Gasteiger partial charge < -0.3 is 11.5 Å². The van der Waals surface area contributed by atoms with Gasteiger partial charge in [-0.25, -0.2) is 0 Å². The third-order valence-electron chi connectivity index (χ3n) is 0.936. The summed E-state index contributed by atoms with van der Waals surface area (Å²) in [6.07, 6.45) is 0. The van der Waals surface area contributed by atoms with Crippen LogP contribution in [0.1, 0.15) is 0 Å². The lowest BCUT2D eigenvalue weighted by Gasteiger charge is -1.90. The molecule has 0 radical (unpaired) electrons. The second-order valence-corrected chi connectivity index (χ2v) is 2.42. The van der Waals surface area contributed by atoms with E-state index < -0.39 is 8.25 Å². The summed E-state index contributed by atoms with van der Waals surface area (Å²) in [5.74, 6) is 0. The minimum atomic E-state index is -2.87. The molecule has 1 aromatic rings. The van der Waals surface area contributed by atoms with Crippen LogP contribution in [0.5, 0.6) is 0 Å². The van der Waals surface area contributed by atoms with E-state index in [0.717, 1.165) is 11.4 Å². The molecule has 6 N–H and O–H groups in total. The maximum atomic E-state index is 8.70. The molecule has 66 valence electrons. The lowest BCUT2D eigenvalue weighted by Crippen LogP contribution is -1.86. The summed E-state index contributed by atoms with van der Waals surface area (Å²) in [7, 11) is -2.87. The van der Waals surface area contributed by atoms with Crippen molar-refractivity contribution in [2.75, 3.05) is 11.5 Å². The molecule has 12 heavy (non-hydrogen) atoms. The van der Waals surface area contributed by atoms with E-state index >= 15 is 0 Å². The molecule has 0 aromatic heterocycles. The minimum Gasteiger partial charge on any atom is -0.399 e. The third-order valence-corrected chi connectivity index (χ3v) is 0.936.